The van der Waals surface area contributed by atoms with Gasteiger partial charge in [0.15, 0.2) is 0 Å². The molecule has 2 aromatic carbocycles. The van der Waals surface area contributed by atoms with Gasteiger partial charge in [-0.2, -0.15) is 0 Å². The number of benzene rings is 2. The standard InChI is InChI=1S/C21H24N2O2/c1-16(11-12-17-7-4-3-5-8-17)13-20(24)23(2)15-18-9-6-10-19(14-18)21(22)25/h3-10,13-14H,11-12,15H2,1-2H3,(H2,22,25)/b16-13-. The van der Waals surface area contributed by atoms with Crippen molar-refractivity contribution in [1.29, 1.82) is 0 Å². The molecule has 0 aliphatic carbocycles. The van der Waals surface area contributed by atoms with Crippen LogP contribution >= 0.6 is 0 Å². The molecule has 0 radical (unpaired) electrons. The van der Waals surface area contributed by atoms with Gasteiger partial charge in [-0.05, 0) is 43.0 Å². The maximum Gasteiger partial charge on any atom is 0.248 e. The Hall–Kier alpha value is -2.88. The van der Waals surface area contributed by atoms with Crippen LogP contribution in [0, 0.1) is 0 Å². The number of primary amides is 1. The molecule has 0 bridgehead atoms. The van der Waals surface area contributed by atoms with Crippen molar-refractivity contribution in [3.8, 4) is 0 Å². The fourth-order valence-corrected chi connectivity index (χ4v) is 2.55. The quantitative estimate of drug-likeness (QED) is 0.788. The number of nitrogens with zero attached hydrogens (tertiary/aromatic N) is 1. The van der Waals surface area contributed by atoms with Crippen LogP contribution in [0.3, 0.4) is 0 Å². The summed E-state index contributed by atoms with van der Waals surface area (Å²) >= 11 is 0. The average Bonchev–Trinajstić information content (AvgIpc) is 2.61. The molecule has 0 aromatic heterocycles. The van der Waals surface area contributed by atoms with Crippen LogP contribution in [-0.4, -0.2) is 23.8 Å². The summed E-state index contributed by atoms with van der Waals surface area (Å²) in [6.07, 6.45) is 3.45. The number of allylic oxidation sites excluding steroid dienone is 1. The fourth-order valence-electron chi connectivity index (χ4n) is 2.55. The van der Waals surface area contributed by atoms with Crippen LogP contribution in [0.5, 0.6) is 0 Å². The molecule has 2 N–H and O–H groups in total. The highest BCUT2D eigenvalue weighted by Gasteiger charge is 2.09. The Morgan fingerprint density at radius 2 is 1.72 bits per heavy atom. The van der Waals surface area contributed by atoms with Gasteiger partial charge in [0.2, 0.25) is 11.8 Å². The monoisotopic (exact) mass is 336 g/mol. The Morgan fingerprint density at radius 3 is 2.40 bits per heavy atom. The van der Waals surface area contributed by atoms with Crippen molar-refractivity contribution in [2.45, 2.75) is 26.3 Å². The van der Waals surface area contributed by atoms with E-state index in [1.165, 1.54) is 5.56 Å². The predicted octanol–water partition coefficient (Wildman–Crippen LogP) is 3.32. The first-order chi connectivity index (χ1) is 12.0. The molecule has 0 saturated heterocycles. The zero-order chi connectivity index (χ0) is 18.2. The summed E-state index contributed by atoms with van der Waals surface area (Å²) in [7, 11) is 1.75. The molecule has 2 rings (SSSR count). The topological polar surface area (TPSA) is 63.4 Å². The number of aryl methyl sites for hydroxylation is 1. The van der Waals surface area contributed by atoms with E-state index in [9.17, 15) is 9.59 Å². The predicted molar refractivity (Wildman–Crippen MR) is 100.0 cm³/mol. The molecule has 2 aromatic rings. The van der Waals surface area contributed by atoms with E-state index in [-0.39, 0.29) is 5.91 Å². The molecular formula is C21H24N2O2. The highest BCUT2D eigenvalue weighted by molar-refractivity contribution is 5.93. The number of carbonyl (C=O) groups is 2. The molecular weight excluding hydrogens is 312 g/mol. The Labute approximate surface area is 149 Å². The summed E-state index contributed by atoms with van der Waals surface area (Å²) in [4.78, 5) is 25.2. The molecule has 130 valence electrons. The van der Waals surface area contributed by atoms with Crippen LogP contribution in [0.1, 0.15) is 34.8 Å². The van der Waals surface area contributed by atoms with Gasteiger partial charge in [-0.25, -0.2) is 0 Å². The summed E-state index contributed by atoms with van der Waals surface area (Å²) in [6.45, 7) is 2.41. The van der Waals surface area contributed by atoms with E-state index in [0.717, 1.165) is 24.0 Å². The van der Waals surface area contributed by atoms with Gasteiger partial charge in [0, 0.05) is 25.2 Å². The number of hydrogen-bond acceptors (Lipinski definition) is 2. The molecule has 0 heterocycles. The number of amides is 2. The van der Waals surface area contributed by atoms with Gasteiger partial charge >= 0.3 is 0 Å². The largest absolute Gasteiger partial charge is 0.366 e. The van der Waals surface area contributed by atoms with Gasteiger partial charge < -0.3 is 10.6 Å². The Balaban J connectivity index is 1.92. The number of carbonyl (C=O) groups excluding carboxylic acids is 2. The zero-order valence-electron chi connectivity index (χ0n) is 14.7. The van der Waals surface area contributed by atoms with E-state index in [1.807, 2.05) is 31.2 Å². The second-order valence-corrected chi connectivity index (χ2v) is 6.24. The highest BCUT2D eigenvalue weighted by atomic mass is 16.2. The van der Waals surface area contributed by atoms with Crippen LogP contribution in [0.2, 0.25) is 0 Å². The molecule has 0 aliphatic rings. The third kappa shape index (κ3) is 5.92. The molecule has 0 atom stereocenters. The highest BCUT2D eigenvalue weighted by Crippen LogP contribution is 2.11. The number of hydrogen-bond donors (Lipinski definition) is 1. The van der Waals surface area contributed by atoms with Gasteiger partial charge in [-0.15, -0.1) is 0 Å². The second kappa shape index (κ2) is 8.83. The van der Waals surface area contributed by atoms with Crippen molar-refractivity contribution in [2.24, 2.45) is 5.73 Å². The van der Waals surface area contributed by atoms with Gasteiger partial charge in [-0.3, -0.25) is 9.59 Å². The van der Waals surface area contributed by atoms with Crippen molar-refractivity contribution in [3.05, 3.63) is 82.9 Å². The van der Waals surface area contributed by atoms with E-state index in [2.05, 4.69) is 12.1 Å². The molecule has 25 heavy (non-hydrogen) atoms. The lowest BCUT2D eigenvalue weighted by Crippen LogP contribution is -2.24. The Bertz CT molecular complexity index is 766. The first kappa shape index (κ1) is 18.5. The molecule has 0 saturated carbocycles. The van der Waals surface area contributed by atoms with E-state index in [0.29, 0.717) is 12.1 Å². The third-order valence-corrected chi connectivity index (χ3v) is 4.03. The van der Waals surface area contributed by atoms with Gasteiger partial charge in [0.25, 0.3) is 0 Å². The number of nitrogens with two attached hydrogens (primary N) is 1. The Morgan fingerprint density at radius 1 is 1.04 bits per heavy atom. The van der Waals surface area contributed by atoms with Crippen molar-refractivity contribution in [1.82, 2.24) is 4.90 Å². The lowest BCUT2D eigenvalue weighted by molar-refractivity contribution is -0.125. The van der Waals surface area contributed by atoms with Crippen molar-refractivity contribution in [3.63, 3.8) is 0 Å². The average molecular weight is 336 g/mol. The van der Waals surface area contributed by atoms with Crippen molar-refractivity contribution >= 4 is 11.8 Å². The van der Waals surface area contributed by atoms with Gasteiger partial charge in [0.05, 0.1) is 0 Å². The summed E-state index contributed by atoms with van der Waals surface area (Å²) < 4.78 is 0. The first-order valence-corrected chi connectivity index (χ1v) is 8.30. The number of likely N-dealkylation sites (N-methyl/N-ethyl adjacent to an activating group) is 1. The third-order valence-electron chi connectivity index (χ3n) is 4.03. The number of rotatable bonds is 7. The van der Waals surface area contributed by atoms with E-state index < -0.39 is 5.91 Å². The van der Waals surface area contributed by atoms with Crippen LogP contribution in [0.25, 0.3) is 0 Å². The van der Waals surface area contributed by atoms with E-state index >= 15 is 0 Å². The molecule has 0 unspecified atom stereocenters. The first-order valence-electron chi connectivity index (χ1n) is 8.30. The summed E-state index contributed by atoms with van der Waals surface area (Å²) in [5.41, 5.74) is 8.93. The zero-order valence-corrected chi connectivity index (χ0v) is 14.7. The lowest BCUT2D eigenvalue weighted by atomic mass is 10.1. The molecule has 0 fully saturated rings. The van der Waals surface area contributed by atoms with Gasteiger partial charge in [-0.1, -0.05) is 48.0 Å². The molecule has 4 nitrogen and oxygen atoms in total. The minimum Gasteiger partial charge on any atom is -0.366 e. The summed E-state index contributed by atoms with van der Waals surface area (Å²) in [5.74, 6) is -0.512. The minimum atomic E-state index is -0.465. The molecule has 0 spiro atoms. The SMILES string of the molecule is C/C(=C/C(=O)N(C)Cc1cccc(C(N)=O)c1)CCc1ccccc1. The maximum atomic E-state index is 12.3. The molecule has 2 amide bonds. The van der Waals surface area contributed by atoms with Crippen molar-refractivity contribution in [2.75, 3.05) is 7.05 Å². The minimum absolute atomic E-state index is 0.0463. The lowest BCUT2D eigenvalue weighted by Gasteiger charge is -2.16. The fraction of sp³-hybridized carbons (Fsp3) is 0.238. The van der Waals surface area contributed by atoms with E-state index in [1.54, 1.807) is 36.2 Å². The van der Waals surface area contributed by atoms with Crippen LogP contribution in [0.15, 0.2) is 66.2 Å². The van der Waals surface area contributed by atoms with Crippen LogP contribution < -0.4 is 5.73 Å². The normalized spacial score (nSPS) is 11.2. The molecule has 0 aliphatic heterocycles. The van der Waals surface area contributed by atoms with Crippen LogP contribution in [-0.2, 0) is 17.8 Å². The van der Waals surface area contributed by atoms with E-state index in [4.69, 9.17) is 5.73 Å². The van der Waals surface area contributed by atoms with Gasteiger partial charge in [0.1, 0.15) is 0 Å². The smallest absolute Gasteiger partial charge is 0.248 e. The Kier molecular flexibility index (Phi) is 6.52. The van der Waals surface area contributed by atoms with Crippen LogP contribution in [0.4, 0.5) is 0 Å². The molecule has 4 heteroatoms. The summed E-state index contributed by atoms with van der Waals surface area (Å²) in [5, 5.41) is 0. The summed E-state index contributed by atoms with van der Waals surface area (Å²) in [6, 6.07) is 17.3. The second-order valence-electron chi connectivity index (χ2n) is 6.24. The maximum absolute atomic E-state index is 12.3. The van der Waals surface area contributed by atoms with Crippen molar-refractivity contribution < 1.29 is 9.59 Å².